The van der Waals surface area contributed by atoms with E-state index in [-0.39, 0.29) is 12.5 Å². The van der Waals surface area contributed by atoms with Gasteiger partial charge in [0, 0.05) is 24.8 Å². The van der Waals surface area contributed by atoms with Crippen LogP contribution in [0.4, 0.5) is 0 Å². The summed E-state index contributed by atoms with van der Waals surface area (Å²) in [7, 11) is 1.62. The van der Waals surface area contributed by atoms with Crippen molar-refractivity contribution in [1.29, 1.82) is 0 Å². The highest BCUT2D eigenvalue weighted by Gasteiger charge is 2.18. The standard InChI is InChI=1S/C16H21NO3/c1-12-10-14(8-7-13(12)6-5-9-18)15(19)17-11-16(2,3)20-4/h7-8,10,18H,9,11H2,1-4H3,(H,17,19). The van der Waals surface area contributed by atoms with Crippen LogP contribution in [0.15, 0.2) is 18.2 Å². The Morgan fingerprint density at radius 2 is 2.15 bits per heavy atom. The van der Waals surface area contributed by atoms with E-state index in [0.717, 1.165) is 11.1 Å². The van der Waals surface area contributed by atoms with Gasteiger partial charge in [-0.05, 0) is 44.5 Å². The van der Waals surface area contributed by atoms with Gasteiger partial charge in [-0.3, -0.25) is 4.79 Å². The molecule has 108 valence electrons. The second-order valence-electron chi connectivity index (χ2n) is 5.14. The zero-order chi connectivity index (χ0) is 15.2. The Morgan fingerprint density at radius 3 is 2.70 bits per heavy atom. The summed E-state index contributed by atoms with van der Waals surface area (Å²) in [4.78, 5) is 12.0. The maximum atomic E-state index is 12.0. The molecular formula is C16H21NO3. The van der Waals surface area contributed by atoms with Crippen LogP contribution in [0.2, 0.25) is 0 Å². The van der Waals surface area contributed by atoms with E-state index in [4.69, 9.17) is 9.84 Å². The van der Waals surface area contributed by atoms with Gasteiger partial charge in [0.2, 0.25) is 0 Å². The molecule has 0 radical (unpaired) electrons. The quantitative estimate of drug-likeness (QED) is 0.819. The first-order valence-electron chi connectivity index (χ1n) is 6.43. The molecule has 0 atom stereocenters. The van der Waals surface area contributed by atoms with Crippen molar-refractivity contribution in [1.82, 2.24) is 5.32 Å². The van der Waals surface area contributed by atoms with E-state index in [0.29, 0.717) is 12.1 Å². The minimum atomic E-state index is -0.392. The third kappa shape index (κ3) is 4.69. The molecule has 0 aliphatic carbocycles. The normalized spacial score (nSPS) is 10.7. The summed E-state index contributed by atoms with van der Waals surface area (Å²) < 4.78 is 5.25. The van der Waals surface area contributed by atoms with Crippen LogP contribution in [0, 0.1) is 18.8 Å². The van der Waals surface area contributed by atoms with Crippen LogP contribution in [0.1, 0.15) is 35.3 Å². The molecule has 0 saturated carbocycles. The number of carbonyl (C=O) groups is 1. The van der Waals surface area contributed by atoms with E-state index in [9.17, 15) is 4.79 Å². The molecule has 0 saturated heterocycles. The van der Waals surface area contributed by atoms with Crippen molar-refractivity contribution in [2.24, 2.45) is 0 Å². The fraction of sp³-hybridized carbons (Fsp3) is 0.438. The van der Waals surface area contributed by atoms with Crippen LogP contribution < -0.4 is 5.32 Å². The summed E-state index contributed by atoms with van der Waals surface area (Å²) in [6.07, 6.45) is 0. The molecule has 0 fully saturated rings. The zero-order valence-corrected chi connectivity index (χ0v) is 12.4. The number of aryl methyl sites for hydroxylation is 1. The number of amides is 1. The summed E-state index contributed by atoms with van der Waals surface area (Å²) in [5, 5.41) is 11.5. The number of methoxy groups -OCH3 is 1. The Hall–Kier alpha value is -1.83. The van der Waals surface area contributed by atoms with Gasteiger partial charge in [-0.25, -0.2) is 0 Å². The lowest BCUT2D eigenvalue weighted by molar-refractivity contribution is 0.0229. The smallest absolute Gasteiger partial charge is 0.251 e. The first-order chi connectivity index (χ1) is 9.39. The summed E-state index contributed by atoms with van der Waals surface area (Å²) in [6, 6.07) is 5.30. The van der Waals surface area contributed by atoms with E-state index in [1.807, 2.05) is 20.8 Å². The Morgan fingerprint density at radius 1 is 1.45 bits per heavy atom. The Bertz CT molecular complexity index is 538. The number of nitrogens with one attached hydrogen (secondary N) is 1. The number of benzene rings is 1. The fourth-order valence-corrected chi connectivity index (χ4v) is 1.55. The Balaban J connectivity index is 2.78. The third-order valence-electron chi connectivity index (χ3n) is 3.02. The molecule has 1 amide bonds. The molecular weight excluding hydrogens is 254 g/mol. The van der Waals surface area contributed by atoms with Crippen molar-refractivity contribution in [3.8, 4) is 11.8 Å². The average molecular weight is 275 g/mol. The second kappa shape index (κ2) is 7.09. The molecule has 0 aliphatic rings. The summed E-state index contributed by atoms with van der Waals surface area (Å²) >= 11 is 0. The third-order valence-corrected chi connectivity index (χ3v) is 3.02. The van der Waals surface area contributed by atoms with E-state index in [2.05, 4.69) is 17.2 Å². The van der Waals surface area contributed by atoms with Gasteiger partial charge in [-0.15, -0.1) is 0 Å². The van der Waals surface area contributed by atoms with E-state index in [1.54, 1.807) is 25.3 Å². The van der Waals surface area contributed by atoms with Crippen molar-refractivity contribution >= 4 is 5.91 Å². The van der Waals surface area contributed by atoms with Crippen molar-refractivity contribution < 1.29 is 14.6 Å². The number of hydrogen-bond acceptors (Lipinski definition) is 3. The van der Waals surface area contributed by atoms with Crippen LogP contribution in [0.3, 0.4) is 0 Å². The second-order valence-corrected chi connectivity index (χ2v) is 5.14. The number of ether oxygens (including phenoxy) is 1. The van der Waals surface area contributed by atoms with Gasteiger partial charge < -0.3 is 15.2 Å². The summed E-state index contributed by atoms with van der Waals surface area (Å²) in [5.41, 5.74) is 1.92. The van der Waals surface area contributed by atoms with Crippen LogP contribution in [0.5, 0.6) is 0 Å². The van der Waals surface area contributed by atoms with Crippen molar-refractivity contribution in [3.05, 3.63) is 34.9 Å². The van der Waals surface area contributed by atoms with E-state index in [1.165, 1.54) is 0 Å². The number of aliphatic hydroxyl groups excluding tert-OH is 1. The predicted octanol–water partition coefficient (Wildman–Crippen LogP) is 1.49. The largest absolute Gasteiger partial charge is 0.384 e. The highest BCUT2D eigenvalue weighted by Crippen LogP contribution is 2.11. The molecule has 4 nitrogen and oxygen atoms in total. The molecule has 1 aromatic carbocycles. The number of hydrogen-bond donors (Lipinski definition) is 2. The predicted molar refractivity (Wildman–Crippen MR) is 78.6 cm³/mol. The van der Waals surface area contributed by atoms with Gasteiger partial charge >= 0.3 is 0 Å². The van der Waals surface area contributed by atoms with Crippen molar-refractivity contribution in [2.45, 2.75) is 26.4 Å². The van der Waals surface area contributed by atoms with Gasteiger partial charge in [0.15, 0.2) is 0 Å². The van der Waals surface area contributed by atoms with Gasteiger partial charge in [-0.1, -0.05) is 11.8 Å². The van der Waals surface area contributed by atoms with Gasteiger partial charge in [-0.2, -0.15) is 0 Å². The molecule has 0 aromatic heterocycles. The molecule has 20 heavy (non-hydrogen) atoms. The number of carbonyl (C=O) groups excluding carboxylic acids is 1. The summed E-state index contributed by atoms with van der Waals surface area (Å²) in [5.74, 6) is 5.30. The fourth-order valence-electron chi connectivity index (χ4n) is 1.55. The van der Waals surface area contributed by atoms with Gasteiger partial charge in [0.1, 0.15) is 6.61 Å². The van der Waals surface area contributed by atoms with Crippen LogP contribution in [0.25, 0.3) is 0 Å². The van der Waals surface area contributed by atoms with E-state index >= 15 is 0 Å². The first-order valence-corrected chi connectivity index (χ1v) is 6.43. The molecule has 2 N–H and O–H groups in total. The summed E-state index contributed by atoms with van der Waals surface area (Å²) in [6.45, 7) is 5.97. The average Bonchev–Trinajstić information content (AvgIpc) is 2.43. The number of aliphatic hydroxyl groups is 1. The van der Waals surface area contributed by atoms with Crippen molar-refractivity contribution in [3.63, 3.8) is 0 Å². The number of rotatable bonds is 4. The minimum absolute atomic E-state index is 0.139. The molecule has 1 aromatic rings. The molecule has 0 heterocycles. The van der Waals surface area contributed by atoms with Gasteiger partial charge in [0.25, 0.3) is 5.91 Å². The van der Waals surface area contributed by atoms with Crippen LogP contribution in [-0.4, -0.2) is 36.9 Å². The van der Waals surface area contributed by atoms with Crippen LogP contribution >= 0.6 is 0 Å². The highest BCUT2D eigenvalue weighted by atomic mass is 16.5. The SMILES string of the molecule is COC(C)(C)CNC(=O)c1ccc(C#CCO)c(C)c1. The van der Waals surface area contributed by atoms with Crippen molar-refractivity contribution in [2.75, 3.05) is 20.3 Å². The Labute approximate surface area is 120 Å². The maximum absolute atomic E-state index is 12.0. The van der Waals surface area contributed by atoms with E-state index < -0.39 is 5.60 Å². The lowest BCUT2D eigenvalue weighted by Gasteiger charge is -2.23. The van der Waals surface area contributed by atoms with Crippen LogP contribution in [-0.2, 0) is 4.74 Å². The van der Waals surface area contributed by atoms with Gasteiger partial charge in [0.05, 0.1) is 5.60 Å². The molecule has 0 aliphatic heterocycles. The Kier molecular flexibility index (Phi) is 5.75. The molecule has 1 rings (SSSR count). The lowest BCUT2D eigenvalue weighted by Crippen LogP contribution is -2.39. The maximum Gasteiger partial charge on any atom is 0.251 e. The molecule has 0 unspecified atom stereocenters. The lowest BCUT2D eigenvalue weighted by atomic mass is 10.0. The highest BCUT2D eigenvalue weighted by molar-refractivity contribution is 5.94. The monoisotopic (exact) mass is 275 g/mol. The topological polar surface area (TPSA) is 58.6 Å². The molecule has 4 heteroatoms. The molecule has 0 spiro atoms. The zero-order valence-electron chi connectivity index (χ0n) is 12.4. The first kappa shape index (κ1) is 16.2. The molecule has 0 bridgehead atoms. The minimum Gasteiger partial charge on any atom is -0.384 e.